The maximum absolute atomic E-state index is 11.9. The minimum absolute atomic E-state index is 0.200. The van der Waals surface area contributed by atoms with Crippen LogP contribution in [0.5, 0.6) is 0 Å². The Balaban J connectivity index is 1.53. The summed E-state index contributed by atoms with van der Waals surface area (Å²) in [6, 6.07) is 3.66. The molecule has 118 valence electrons. The van der Waals surface area contributed by atoms with Gasteiger partial charge in [-0.3, -0.25) is 9.78 Å². The van der Waals surface area contributed by atoms with E-state index >= 15 is 0 Å². The van der Waals surface area contributed by atoms with Gasteiger partial charge in [0.1, 0.15) is 10.0 Å². The average Bonchev–Trinajstić information content (AvgIpc) is 3.25. The van der Waals surface area contributed by atoms with Crippen LogP contribution in [0, 0.1) is 0 Å². The van der Waals surface area contributed by atoms with E-state index in [1.54, 1.807) is 17.8 Å². The van der Waals surface area contributed by atoms with Crippen molar-refractivity contribution in [3.63, 3.8) is 0 Å². The summed E-state index contributed by atoms with van der Waals surface area (Å²) in [7, 11) is 0. The number of hydrogen-bond acceptors (Lipinski definition) is 8. The SMILES string of the molecule is CSc1nc(C(=O)NCCc2nc(-c3cccnc3)no2)cs1. The van der Waals surface area contributed by atoms with Crippen LogP contribution in [0.3, 0.4) is 0 Å². The minimum Gasteiger partial charge on any atom is -0.350 e. The molecule has 1 N–H and O–H groups in total. The van der Waals surface area contributed by atoms with Crippen LogP contribution >= 0.6 is 23.1 Å². The number of carbonyl (C=O) groups is 1. The molecule has 9 heteroatoms. The highest BCUT2D eigenvalue weighted by Gasteiger charge is 2.12. The summed E-state index contributed by atoms with van der Waals surface area (Å²) >= 11 is 2.97. The summed E-state index contributed by atoms with van der Waals surface area (Å²) in [5.74, 6) is 0.754. The van der Waals surface area contributed by atoms with Gasteiger partial charge in [-0.1, -0.05) is 16.9 Å². The Morgan fingerprint density at radius 3 is 3.09 bits per heavy atom. The minimum atomic E-state index is -0.200. The first-order chi connectivity index (χ1) is 11.3. The molecule has 3 heterocycles. The lowest BCUT2D eigenvalue weighted by Gasteiger charge is -1.99. The van der Waals surface area contributed by atoms with E-state index in [4.69, 9.17) is 4.52 Å². The predicted molar refractivity (Wildman–Crippen MR) is 87.5 cm³/mol. The van der Waals surface area contributed by atoms with Crippen LogP contribution in [0.15, 0.2) is 38.8 Å². The largest absolute Gasteiger partial charge is 0.350 e. The fraction of sp³-hybridized carbons (Fsp3) is 0.214. The summed E-state index contributed by atoms with van der Waals surface area (Å²) in [5.41, 5.74) is 1.22. The van der Waals surface area contributed by atoms with Crippen LogP contribution in [0.25, 0.3) is 11.4 Å². The van der Waals surface area contributed by atoms with E-state index in [1.165, 1.54) is 23.1 Å². The van der Waals surface area contributed by atoms with E-state index in [9.17, 15) is 4.79 Å². The molecule has 3 aromatic heterocycles. The van der Waals surface area contributed by atoms with Crippen molar-refractivity contribution in [2.75, 3.05) is 12.8 Å². The number of nitrogens with zero attached hydrogens (tertiary/aromatic N) is 4. The summed E-state index contributed by atoms with van der Waals surface area (Å²) < 4.78 is 6.04. The molecule has 0 bridgehead atoms. The maximum atomic E-state index is 11.9. The lowest BCUT2D eigenvalue weighted by atomic mass is 10.3. The van der Waals surface area contributed by atoms with Crippen molar-refractivity contribution in [3.8, 4) is 11.4 Å². The Morgan fingerprint density at radius 2 is 2.35 bits per heavy atom. The summed E-state index contributed by atoms with van der Waals surface area (Å²) in [6.07, 6.45) is 5.73. The van der Waals surface area contributed by atoms with Gasteiger partial charge in [-0.05, 0) is 18.4 Å². The standard InChI is InChI=1S/C14H13N5O2S2/c1-22-14-17-10(8-23-14)13(20)16-6-4-11-18-12(19-21-11)9-3-2-5-15-7-9/h2-3,5,7-8H,4,6H2,1H3,(H,16,20). The third-order valence-corrected chi connectivity index (χ3v) is 4.77. The molecule has 7 nitrogen and oxygen atoms in total. The van der Waals surface area contributed by atoms with E-state index in [2.05, 4.69) is 25.4 Å². The van der Waals surface area contributed by atoms with Crippen LogP contribution in [-0.4, -0.2) is 38.8 Å². The van der Waals surface area contributed by atoms with Crippen molar-refractivity contribution in [1.82, 2.24) is 25.4 Å². The van der Waals surface area contributed by atoms with Gasteiger partial charge in [-0.25, -0.2) is 4.98 Å². The number of thiazole rings is 1. The molecule has 0 radical (unpaired) electrons. The summed E-state index contributed by atoms with van der Waals surface area (Å²) in [6.45, 7) is 0.402. The van der Waals surface area contributed by atoms with Crippen molar-refractivity contribution in [3.05, 3.63) is 41.5 Å². The van der Waals surface area contributed by atoms with Gasteiger partial charge >= 0.3 is 0 Å². The van der Waals surface area contributed by atoms with Gasteiger partial charge in [-0.2, -0.15) is 4.98 Å². The van der Waals surface area contributed by atoms with Crippen LogP contribution in [0.2, 0.25) is 0 Å². The van der Waals surface area contributed by atoms with E-state index in [0.29, 0.717) is 30.4 Å². The first-order valence-electron chi connectivity index (χ1n) is 6.77. The molecule has 0 aliphatic carbocycles. The number of hydrogen-bond donors (Lipinski definition) is 1. The first kappa shape index (κ1) is 15.6. The summed E-state index contributed by atoms with van der Waals surface area (Å²) in [4.78, 5) is 24.4. The molecule has 0 aromatic carbocycles. The molecular formula is C14H13N5O2S2. The molecule has 0 spiro atoms. The number of thioether (sulfide) groups is 1. The molecule has 0 aliphatic rings. The van der Waals surface area contributed by atoms with Gasteiger partial charge in [0, 0.05) is 36.3 Å². The lowest BCUT2D eigenvalue weighted by Crippen LogP contribution is -2.26. The first-order valence-corrected chi connectivity index (χ1v) is 8.87. The van der Waals surface area contributed by atoms with Gasteiger partial charge in [0.05, 0.1) is 0 Å². The Morgan fingerprint density at radius 1 is 1.43 bits per heavy atom. The molecular weight excluding hydrogens is 334 g/mol. The van der Waals surface area contributed by atoms with E-state index < -0.39 is 0 Å². The normalized spacial score (nSPS) is 10.7. The number of rotatable bonds is 6. The zero-order valence-corrected chi connectivity index (χ0v) is 13.9. The fourth-order valence-electron chi connectivity index (χ4n) is 1.80. The van der Waals surface area contributed by atoms with Gasteiger partial charge in [0.2, 0.25) is 11.7 Å². The Bertz CT molecular complexity index is 787. The van der Waals surface area contributed by atoms with Crippen molar-refractivity contribution in [1.29, 1.82) is 0 Å². The molecule has 0 saturated heterocycles. The van der Waals surface area contributed by atoms with Crippen molar-refractivity contribution < 1.29 is 9.32 Å². The van der Waals surface area contributed by atoms with Crippen molar-refractivity contribution in [2.24, 2.45) is 0 Å². The van der Waals surface area contributed by atoms with E-state index in [-0.39, 0.29) is 5.91 Å². The highest BCUT2D eigenvalue weighted by atomic mass is 32.2. The van der Waals surface area contributed by atoms with Crippen molar-refractivity contribution >= 4 is 29.0 Å². The highest BCUT2D eigenvalue weighted by molar-refractivity contribution is 8.00. The fourth-order valence-corrected chi connectivity index (χ4v) is 3.04. The second-order valence-electron chi connectivity index (χ2n) is 4.46. The second kappa shape index (κ2) is 7.34. The zero-order chi connectivity index (χ0) is 16.1. The van der Waals surface area contributed by atoms with Crippen LogP contribution in [0.4, 0.5) is 0 Å². The van der Waals surface area contributed by atoms with Gasteiger partial charge in [0.15, 0.2) is 0 Å². The molecule has 0 saturated carbocycles. The molecule has 3 rings (SSSR count). The molecule has 1 amide bonds. The maximum Gasteiger partial charge on any atom is 0.270 e. The zero-order valence-electron chi connectivity index (χ0n) is 12.2. The topological polar surface area (TPSA) is 93.8 Å². The van der Waals surface area contributed by atoms with Crippen LogP contribution < -0.4 is 5.32 Å². The Hall–Kier alpha value is -2.26. The monoisotopic (exact) mass is 347 g/mol. The van der Waals surface area contributed by atoms with E-state index in [1.807, 2.05) is 18.4 Å². The Labute approximate surface area is 140 Å². The summed E-state index contributed by atoms with van der Waals surface area (Å²) in [5, 5.41) is 8.44. The average molecular weight is 347 g/mol. The van der Waals surface area contributed by atoms with Gasteiger partial charge in [0.25, 0.3) is 5.91 Å². The third kappa shape index (κ3) is 3.93. The van der Waals surface area contributed by atoms with Crippen LogP contribution in [0.1, 0.15) is 16.4 Å². The molecule has 0 aliphatic heterocycles. The highest BCUT2D eigenvalue weighted by Crippen LogP contribution is 2.19. The third-order valence-electron chi connectivity index (χ3n) is 2.90. The molecule has 0 fully saturated rings. The number of aromatic nitrogens is 4. The second-order valence-corrected chi connectivity index (χ2v) is 6.37. The van der Waals surface area contributed by atoms with Gasteiger partial charge < -0.3 is 9.84 Å². The Kier molecular flexibility index (Phi) is 4.99. The van der Waals surface area contributed by atoms with Crippen molar-refractivity contribution in [2.45, 2.75) is 10.8 Å². The predicted octanol–water partition coefficient (Wildman–Crippen LogP) is 2.28. The quantitative estimate of drug-likeness (QED) is 0.684. The molecule has 23 heavy (non-hydrogen) atoms. The van der Waals surface area contributed by atoms with Gasteiger partial charge in [-0.15, -0.1) is 11.3 Å². The number of amides is 1. The number of carbonyl (C=O) groups excluding carboxylic acids is 1. The van der Waals surface area contributed by atoms with E-state index in [0.717, 1.165) is 9.90 Å². The molecule has 0 unspecified atom stereocenters. The smallest absolute Gasteiger partial charge is 0.270 e. The lowest BCUT2D eigenvalue weighted by molar-refractivity contribution is 0.0948. The molecule has 3 aromatic rings. The molecule has 0 atom stereocenters. The van der Waals surface area contributed by atoms with Crippen LogP contribution in [-0.2, 0) is 6.42 Å². The number of nitrogens with one attached hydrogen (secondary N) is 1. The number of pyridine rings is 1.